The van der Waals surface area contributed by atoms with E-state index in [9.17, 15) is 31.2 Å². The zero-order valence-corrected chi connectivity index (χ0v) is 18.4. The average Bonchev–Trinajstić information content (AvgIpc) is 3.11. The van der Waals surface area contributed by atoms with Gasteiger partial charge in [-0.25, -0.2) is 13.4 Å². The summed E-state index contributed by atoms with van der Waals surface area (Å²) in [7, 11) is -2.77. The number of hydrogen-bond acceptors (Lipinski definition) is 5. The summed E-state index contributed by atoms with van der Waals surface area (Å²) in [4.78, 5) is 27.8. The highest BCUT2D eigenvalue weighted by atomic mass is 32.2. The number of amides is 2. The van der Waals surface area contributed by atoms with Gasteiger partial charge in [0.1, 0.15) is 6.54 Å². The van der Waals surface area contributed by atoms with Crippen LogP contribution in [0.25, 0.3) is 11.0 Å². The maximum absolute atomic E-state index is 13.3. The van der Waals surface area contributed by atoms with Crippen LogP contribution in [0.15, 0.2) is 53.4 Å². The van der Waals surface area contributed by atoms with Gasteiger partial charge in [0.15, 0.2) is 0 Å². The van der Waals surface area contributed by atoms with Crippen LogP contribution in [0.2, 0.25) is 0 Å². The minimum Gasteiger partial charge on any atom is -0.311 e. The van der Waals surface area contributed by atoms with Gasteiger partial charge in [-0.3, -0.25) is 20.4 Å². The number of aromatic nitrogens is 2. The second kappa shape index (κ2) is 9.19. The Morgan fingerprint density at radius 3 is 2.27 bits per heavy atom. The fourth-order valence-corrected chi connectivity index (χ4v) is 4.12. The fraction of sp³-hybridized carbons (Fsp3) is 0.250. The fourth-order valence-electron chi connectivity index (χ4n) is 2.99. The topological polar surface area (TPSA) is 113 Å². The van der Waals surface area contributed by atoms with E-state index < -0.39 is 46.9 Å². The third-order valence-electron chi connectivity index (χ3n) is 4.65. The summed E-state index contributed by atoms with van der Waals surface area (Å²) in [6.45, 7) is 0.395. The number of halogens is 3. The Labute approximate surface area is 187 Å². The predicted octanol–water partition coefficient (Wildman–Crippen LogP) is 1.83. The molecule has 176 valence electrons. The van der Waals surface area contributed by atoms with Crippen LogP contribution >= 0.6 is 0 Å². The number of fused-ring (bicyclic) bond motifs is 1. The van der Waals surface area contributed by atoms with Crippen molar-refractivity contribution >= 4 is 32.9 Å². The van der Waals surface area contributed by atoms with E-state index in [1.807, 2.05) is 10.9 Å². The summed E-state index contributed by atoms with van der Waals surface area (Å²) in [5, 5.41) is 0. The smallest absolute Gasteiger partial charge is 0.311 e. The molecule has 2 N–H and O–H groups in total. The standard InChI is InChI=1S/C20H20F3N5O4S/c1-13-7-9-14(10-8-13)33(31,32)27(2)11-17(29)25-26-18(30)12-28-16-6-4-3-5-15(16)24-19(28)20(21,22)23/h3-10H,11-12H2,1-2H3,(H,25,29)(H,26,30). The van der Waals surface area contributed by atoms with Crippen molar-refractivity contribution in [2.45, 2.75) is 24.5 Å². The molecule has 2 amide bonds. The first-order valence-corrected chi connectivity index (χ1v) is 11.0. The second-order valence-corrected chi connectivity index (χ2v) is 9.22. The number of carbonyl (C=O) groups excluding carboxylic acids is 2. The van der Waals surface area contributed by atoms with Crippen LogP contribution in [0.1, 0.15) is 11.4 Å². The molecule has 0 spiro atoms. The van der Waals surface area contributed by atoms with Crippen molar-refractivity contribution in [3.63, 3.8) is 0 Å². The number of hydrogen-bond donors (Lipinski definition) is 2. The molecule has 3 aromatic rings. The first-order chi connectivity index (χ1) is 15.4. The van der Waals surface area contributed by atoms with Crippen LogP contribution in [0.5, 0.6) is 0 Å². The van der Waals surface area contributed by atoms with Crippen LogP contribution < -0.4 is 10.9 Å². The molecule has 9 nitrogen and oxygen atoms in total. The number of rotatable bonds is 6. The number of nitrogens with zero attached hydrogens (tertiary/aromatic N) is 3. The molecule has 0 unspecified atom stereocenters. The molecule has 1 aromatic heterocycles. The molecule has 0 aliphatic rings. The molecule has 0 saturated heterocycles. The number of carbonyl (C=O) groups is 2. The Kier molecular flexibility index (Phi) is 6.74. The highest BCUT2D eigenvalue weighted by molar-refractivity contribution is 7.89. The summed E-state index contributed by atoms with van der Waals surface area (Å²) in [5.74, 6) is -3.09. The third kappa shape index (κ3) is 5.49. The Morgan fingerprint density at radius 2 is 1.64 bits per heavy atom. The van der Waals surface area contributed by atoms with E-state index in [2.05, 4.69) is 4.98 Å². The van der Waals surface area contributed by atoms with Crippen LogP contribution in [0, 0.1) is 6.92 Å². The van der Waals surface area contributed by atoms with Crippen molar-refractivity contribution < 1.29 is 31.2 Å². The number of sulfonamides is 1. The maximum atomic E-state index is 13.3. The molecule has 0 saturated carbocycles. The monoisotopic (exact) mass is 483 g/mol. The number of nitrogens with one attached hydrogen (secondary N) is 2. The van der Waals surface area contributed by atoms with E-state index in [4.69, 9.17) is 0 Å². The molecular formula is C20H20F3N5O4S. The van der Waals surface area contributed by atoms with Gasteiger partial charge in [0, 0.05) is 7.05 Å². The maximum Gasteiger partial charge on any atom is 0.449 e. The molecule has 0 aliphatic heterocycles. The van der Waals surface area contributed by atoms with Crippen molar-refractivity contribution in [1.29, 1.82) is 0 Å². The molecule has 0 atom stereocenters. The Morgan fingerprint density at radius 1 is 1.03 bits per heavy atom. The average molecular weight is 483 g/mol. The number of likely N-dealkylation sites (N-methyl/N-ethyl adjacent to an activating group) is 1. The van der Waals surface area contributed by atoms with E-state index in [-0.39, 0.29) is 15.9 Å². The zero-order valence-electron chi connectivity index (χ0n) is 17.5. The zero-order chi connectivity index (χ0) is 24.4. The van der Waals surface area contributed by atoms with Crippen molar-refractivity contribution in [2.24, 2.45) is 0 Å². The number of aryl methyl sites for hydroxylation is 1. The number of benzene rings is 2. The molecule has 0 bridgehead atoms. The number of hydrazine groups is 1. The summed E-state index contributed by atoms with van der Waals surface area (Å²) in [6, 6.07) is 11.8. The van der Waals surface area contributed by atoms with Gasteiger partial charge in [-0.15, -0.1) is 0 Å². The summed E-state index contributed by atoms with van der Waals surface area (Å²) >= 11 is 0. The molecule has 33 heavy (non-hydrogen) atoms. The van der Waals surface area contributed by atoms with Gasteiger partial charge in [-0.05, 0) is 31.2 Å². The molecule has 13 heteroatoms. The van der Waals surface area contributed by atoms with Crippen molar-refractivity contribution in [2.75, 3.05) is 13.6 Å². The third-order valence-corrected chi connectivity index (χ3v) is 6.46. The van der Waals surface area contributed by atoms with Gasteiger partial charge in [-0.2, -0.15) is 17.5 Å². The SMILES string of the molecule is Cc1ccc(S(=O)(=O)N(C)CC(=O)NNC(=O)Cn2c(C(F)(F)F)nc3ccccc32)cc1. The molecular weight excluding hydrogens is 463 g/mol. The van der Waals surface area contributed by atoms with E-state index in [0.29, 0.717) is 4.57 Å². The normalized spacial score (nSPS) is 12.2. The van der Waals surface area contributed by atoms with Crippen LogP contribution in [0.4, 0.5) is 13.2 Å². The van der Waals surface area contributed by atoms with Crippen molar-refractivity contribution in [1.82, 2.24) is 24.7 Å². The van der Waals surface area contributed by atoms with Gasteiger partial charge in [0.25, 0.3) is 11.8 Å². The second-order valence-electron chi connectivity index (χ2n) is 7.18. The quantitative estimate of drug-likeness (QED) is 0.520. The highest BCUT2D eigenvalue weighted by Crippen LogP contribution is 2.31. The lowest BCUT2D eigenvalue weighted by molar-refractivity contribution is -0.147. The van der Waals surface area contributed by atoms with Gasteiger partial charge in [-0.1, -0.05) is 29.8 Å². The highest BCUT2D eigenvalue weighted by Gasteiger charge is 2.38. The van der Waals surface area contributed by atoms with Crippen molar-refractivity contribution in [3.05, 3.63) is 59.9 Å². The lowest BCUT2D eigenvalue weighted by atomic mass is 10.2. The van der Waals surface area contributed by atoms with Crippen LogP contribution in [0.3, 0.4) is 0 Å². The molecule has 3 rings (SSSR count). The first kappa shape index (κ1) is 24.2. The minimum atomic E-state index is -4.80. The van der Waals surface area contributed by atoms with E-state index in [0.717, 1.165) is 9.87 Å². The molecule has 0 fully saturated rings. The largest absolute Gasteiger partial charge is 0.449 e. The lowest BCUT2D eigenvalue weighted by Crippen LogP contribution is -2.47. The number of imidazole rings is 1. The number of para-hydroxylation sites is 2. The summed E-state index contributed by atoms with van der Waals surface area (Å²) in [5.41, 5.74) is 5.01. The number of alkyl halides is 3. The molecule has 1 heterocycles. The van der Waals surface area contributed by atoms with Crippen molar-refractivity contribution in [3.8, 4) is 0 Å². The minimum absolute atomic E-state index is 0.0147. The first-order valence-electron chi connectivity index (χ1n) is 9.53. The van der Waals surface area contributed by atoms with Gasteiger partial charge in [0.2, 0.25) is 15.8 Å². The Bertz CT molecular complexity index is 1290. The molecule has 0 aliphatic carbocycles. The molecule has 0 radical (unpaired) electrons. The van der Waals surface area contributed by atoms with Gasteiger partial charge >= 0.3 is 6.18 Å². The lowest BCUT2D eigenvalue weighted by Gasteiger charge is -2.17. The van der Waals surface area contributed by atoms with E-state index in [1.165, 1.54) is 43.4 Å². The van der Waals surface area contributed by atoms with Gasteiger partial charge in [0.05, 0.1) is 22.5 Å². The van der Waals surface area contributed by atoms with Crippen LogP contribution in [-0.4, -0.2) is 47.7 Å². The van der Waals surface area contributed by atoms with E-state index in [1.54, 1.807) is 19.1 Å². The van der Waals surface area contributed by atoms with Crippen LogP contribution in [-0.2, 0) is 32.3 Å². The van der Waals surface area contributed by atoms with Gasteiger partial charge < -0.3 is 4.57 Å². The Hall–Kier alpha value is -3.45. The molecule has 2 aromatic carbocycles. The summed E-state index contributed by atoms with van der Waals surface area (Å²) in [6.07, 6.45) is -4.80. The van der Waals surface area contributed by atoms with E-state index >= 15 is 0 Å². The summed E-state index contributed by atoms with van der Waals surface area (Å²) < 4.78 is 66.5. The predicted molar refractivity (Wildman–Crippen MR) is 112 cm³/mol. The Balaban J connectivity index is 1.63.